The van der Waals surface area contributed by atoms with Crippen molar-refractivity contribution in [2.75, 3.05) is 6.54 Å². The molecule has 2 N–H and O–H groups in total. The SMILES string of the molecule is Cl.c1cncc(-c2[nH]ncc2CNCC2CCCCC2)c1. The van der Waals surface area contributed by atoms with E-state index in [2.05, 4.69) is 26.6 Å². The largest absolute Gasteiger partial charge is 0.312 e. The van der Waals surface area contributed by atoms with Gasteiger partial charge in [-0.25, -0.2) is 0 Å². The number of H-pyrrole nitrogens is 1. The summed E-state index contributed by atoms with van der Waals surface area (Å²) >= 11 is 0. The van der Waals surface area contributed by atoms with Gasteiger partial charge in [0.25, 0.3) is 0 Å². The minimum absolute atomic E-state index is 0. The van der Waals surface area contributed by atoms with Crippen molar-refractivity contribution in [3.63, 3.8) is 0 Å². The molecule has 0 unspecified atom stereocenters. The summed E-state index contributed by atoms with van der Waals surface area (Å²) in [5, 5.41) is 10.8. The van der Waals surface area contributed by atoms with Gasteiger partial charge in [0, 0.05) is 30.1 Å². The maximum atomic E-state index is 4.17. The fraction of sp³-hybridized carbons (Fsp3) is 0.500. The first-order chi connectivity index (χ1) is 9.93. The molecule has 0 aromatic carbocycles. The fourth-order valence-corrected chi connectivity index (χ4v) is 3.01. The number of nitrogens with one attached hydrogen (secondary N) is 2. The Balaban J connectivity index is 0.00000161. The van der Waals surface area contributed by atoms with Gasteiger partial charge >= 0.3 is 0 Å². The van der Waals surface area contributed by atoms with Crippen molar-refractivity contribution in [2.45, 2.75) is 38.6 Å². The third-order valence-electron chi connectivity index (χ3n) is 4.14. The van der Waals surface area contributed by atoms with Gasteiger partial charge in [-0.2, -0.15) is 5.10 Å². The molecule has 1 fully saturated rings. The number of rotatable bonds is 5. The first-order valence-electron chi connectivity index (χ1n) is 7.57. The monoisotopic (exact) mass is 306 g/mol. The lowest BCUT2D eigenvalue weighted by molar-refractivity contribution is 0.342. The molecular weight excluding hydrogens is 284 g/mol. The van der Waals surface area contributed by atoms with E-state index in [1.165, 1.54) is 37.7 Å². The highest BCUT2D eigenvalue weighted by Crippen LogP contribution is 2.23. The molecule has 1 aliphatic carbocycles. The lowest BCUT2D eigenvalue weighted by atomic mass is 9.89. The van der Waals surface area contributed by atoms with Crippen LogP contribution in [-0.4, -0.2) is 21.7 Å². The standard InChI is InChI=1S/C16H22N4.ClH/c1-2-5-13(6-3-1)9-18-11-15-12-19-20-16(15)14-7-4-8-17-10-14;/h4,7-8,10,12-13,18H,1-3,5-6,9,11H2,(H,19,20);1H. The number of aromatic amines is 1. The highest BCUT2D eigenvalue weighted by atomic mass is 35.5. The fourth-order valence-electron chi connectivity index (χ4n) is 3.01. The third-order valence-corrected chi connectivity index (χ3v) is 4.14. The predicted octanol–water partition coefficient (Wildman–Crippen LogP) is 3.56. The Hall–Kier alpha value is -1.39. The molecule has 0 amide bonds. The van der Waals surface area contributed by atoms with E-state index in [1.807, 2.05) is 18.5 Å². The summed E-state index contributed by atoms with van der Waals surface area (Å²) < 4.78 is 0. The van der Waals surface area contributed by atoms with E-state index in [0.29, 0.717) is 0 Å². The zero-order chi connectivity index (χ0) is 13.6. The molecule has 4 nitrogen and oxygen atoms in total. The lowest BCUT2D eigenvalue weighted by Crippen LogP contribution is -2.24. The second-order valence-corrected chi connectivity index (χ2v) is 5.65. The maximum Gasteiger partial charge on any atom is 0.0710 e. The molecule has 0 aliphatic heterocycles. The Morgan fingerprint density at radius 3 is 2.81 bits per heavy atom. The van der Waals surface area contributed by atoms with E-state index in [9.17, 15) is 0 Å². The molecule has 114 valence electrons. The van der Waals surface area contributed by atoms with Gasteiger partial charge in [0.05, 0.1) is 11.9 Å². The maximum absolute atomic E-state index is 4.17. The van der Waals surface area contributed by atoms with Crippen LogP contribution in [-0.2, 0) is 6.54 Å². The van der Waals surface area contributed by atoms with Crippen LogP contribution < -0.4 is 5.32 Å². The minimum Gasteiger partial charge on any atom is -0.312 e. The van der Waals surface area contributed by atoms with Gasteiger partial charge in [0.1, 0.15) is 0 Å². The smallest absolute Gasteiger partial charge is 0.0710 e. The van der Waals surface area contributed by atoms with E-state index in [4.69, 9.17) is 0 Å². The number of hydrogen-bond donors (Lipinski definition) is 2. The quantitative estimate of drug-likeness (QED) is 0.888. The first-order valence-corrected chi connectivity index (χ1v) is 7.57. The second kappa shape index (κ2) is 8.15. The molecule has 0 atom stereocenters. The van der Waals surface area contributed by atoms with Crippen LogP contribution in [0, 0.1) is 5.92 Å². The van der Waals surface area contributed by atoms with Gasteiger partial charge in [-0.1, -0.05) is 19.3 Å². The third kappa shape index (κ3) is 4.29. The molecule has 0 spiro atoms. The molecule has 0 radical (unpaired) electrons. The molecule has 0 saturated heterocycles. The van der Waals surface area contributed by atoms with Crippen molar-refractivity contribution < 1.29 is 0 Å². The van der Waals surface area contributed by atoms with E-state index in [1.54, 1.807) is 6.20 Å². The Kier molecular flexibility index (Phi) is 6.21. The van der Waals surface area contributed by atoms with Gasteiger partial charge in [-0.15, -0.1) is 12.4 Å². The normalized spacial score (nSPS) is 15.6. The van der Waals surface area contributed by atoms with Crippen molar-refractivity contribution in [3.05, 3.63) is 36.3 Å². The van der Waals surface area contributed by atoms with Gasteiger partial charge in [-0.05, 0) is 37.4 Å². The molecule has 0 bridgehead atoms. The van der Waals surface area contributed by atoms with E-state index in [0.717, 1.165) is 30.3 Å². The summed E-state index contributed by atoms with van der Waals surface area (Å²) in [6, 6.07) is 4.01. The number of nitrogens with zero attached hydrogens (tertiary/aromatic N) is 2. The molecule has 21 heavy (non-hydrogen) atoms. The van der Waals surface area contributed by atoms with Gasteiger partial charge < -0.3 is 5.32 Å². The van der Waals surface area contributed by atoms with Crippen molar-refractivity contribution in [1.29, 1.82) is 0 Å². The number of aromatic nitrogens is 3. The Bertz CT molecular complexity index is 520. The summed E-state index contributed by atoms with van der Waals surface area (Å²) in [6.07, 6.45) is 12.6. The highest BCUT2D eigenvalue weighted by molar-refractivity contribution is 5.85. The highest BCUT2D eigenvalue weighted by Gasteiger charge is 2.13. The van der Waals surface area contributed by atoms with Crippen molar-refractivity contribution in [3.8, 4) is 11.3 Å². The van der Waals surface area contributed by atoms with Crippen LogP contribution in [0.5, 0.6) is 0 Å². The van der Waals surface area contributed by atoms with Crippen LogP contribution >= 0.6 is 12.4 Å². The van der Waals surface area contributed by atoms with E-state index < -0.39 is 0 Å². The van der Waals surface area contributed by atoms with Crippen LogP contribution in [0.4, 0.5) is 0 Å². The summed E-state index contributed by atoms with van der Waals surface area (Å²) in [5.41, 5.74) is 3.39. The van der Waals surface area contributed by atoms with Crippen LogP contribution in [0.1, 0.15) is 37.7 Å². The molecule has 2 aromatic rings. The van der Waals surface area contributed by atoms with Crippen LogP contribution in [0.15, 0.2) is 30.7 Å². The van der Waals surface area contributed by atoms with Crippen molar-refractivity contribution in [1.82, 2.24) is 20.5 Å². The summed E-state index contributed by atoms with van der Waals surface area (Å²) in [4.78, 5) is 4.17. The van der Waals surface area contributed by atoms with Gasteiger partial charge in [-0.3, -0.25) is 10.1 Å². The molecule has 5 heteroatoms. The predicted molar refractivity (Wildman–Crippen MR) is 87.3 cm³/mol. The van der Waals surface area contributed by atoms with Crippen molar-refractivity contribution >= 4 is 12.4 Å². The summed E-state index contributed by atoms with van der Waals surface area (Å²) in [5.74, 6) is 0.859. The second-order valence-electron chi connectivity index (χ2n) is 5.65. The number of hydrogen-bond acceptors (Lipinski definition) is 3. The molecule has 2 aromatic heterocycles. The lowest BCUT2D eigenvalue weighted by Gasteiger charge is -2.21. The molecule has 1 aliphatic rings. The summed E-state index contributed by atoms with van der Waals surface area (Å²) in [7, 11) is 0. The number of pyridine rings is 1. The Morgan fingerprint density at radius 1 is 1.19 bits per heavy atom. The zero-order valence-electron chi connectivity index (χ0n) is 12.2. The van der Waals surface area contributed by atoms with Crippen LogP contribution in [0.3, 0.4) is 0 Å². The van der Waals surface area contributed by atoms with Gasteiger partial charge in [0.2, 0.25) is 0 Å². The topological polar surface area (TPSA) is 53.6 Å². The average Bonchev–Trinajstić information content (AvgIpc) is 2.98. The molecular formula is C16H23ClN4. The average molecular weight is 307 g/mol. The van der Waals surface area contributed by atoms with E-state index >= 15 is 0 Å². The summed E-state index contributed by atoms with van der Waals surface area (Å²) in [6.45, 7) is 1.99. The molecule has 3 rings (SSSR count). The number of halogens is 1. The van der Waals surface area contributed by atoms with Gasteiger partial charge in [0.15, 0.2) is 0 Å². The van der Waals surface area contributed by atoms with Crippen LogP contribution in [0.2, 0.25) is 0 Å². The minimum atomic E-state index is 0. The zero-order valence-corrected chi connectivity index (χ0v) is 13.0. The Morgan fingerprint density at radius 2 is 2.05 bits per heavy atom. The van der Waals surface area contributed by atoms with Crippen molar-refractivity contribution in [2.24, 2.45) is 5.92 Å². The molecule has 1 saturated carbocycles. The molecule has 2 heterocycles. The van der Waals surface area contributed by atoms with E-state index in [-0.39, 0.29) is 12.4 Å². The Labute approximate surface area is 132 Å². The first kappa shape index (κ1) is 16.0. The van der Waals surface area contributed by atoms with Crippen LogP contribution in [0.25, 0.3) is 11.3 Å².